The Kier molecular flexibility index (Phi) is 3.62. The summed E-state index contributed by atoms with van der Waals surface area (Å²) in [5.41, 5.74) is 3.22. The minimum atomic E-state index is -0.761. The summed E-state index contributed by atoms with van der Waals surface area (Å²) < 4.78 is 17.0. The van der Waals surface area contributed by atoms with Gasteiger partial charge in [0.2, 0.25) is 0 Å². The SMILES string of the molecule is CC(C)(C)c1ccc2nccc(COCF)c2c1. The van der Waals surface area contributed by atoms with Crippen molar-refractivity contribution in [3.8, 4) is 0 Å². The van der Waals surface area contributed by atoms with Gasteiger partial charge in [-0.25, -0.2) is 4.39 Å². The summed E-state index contributed by atoms with van der Waals surface area (Å²) in [5, 5.41) is 1.04. The highest BCUT2D eigenvalue weighted by Gasteiger charge is 2.14. The van der Waals surface area contributed by atoms with Gasteiger partial charge in [0.25, 0.3) is 0 Å². The largest absolute Gasteiger partial charge is 0.346 e. The number of nitrogens with zero attached hydrogens (tertiary/aromatic N) is 1. The zero-order valence-corrected chi connectivity index (χ0v) is 11.0. The van der Waals surface area contributed by atoms with Crippen LogP contribution in [0.4, 0.5) is 4.39 Å². The highest BCUT2D eigenvalue weighted by molar-refractivity contribution is 5.82. The predicted molar refractivity (Wildman–Crippen MR) is 71.2 cm³/mol. The summed E-state index contributed by atoms with van der Waals surface area (Å²) in [7, 11) is 0. The van der Waals surface area contributed by atoms with Crippen molar-refractivity contribution >= 4 is 10.9 Å². The van der Waals surface area contributed by atoms with Gasteiger partial charge >= 0.3 is 0 Å². The molecule has 1 aromatic heterocycles. The number of hydrogen-bond acceptors (Lipinski definition) is 2. The zero-order chi connectivity index (χ0) is 13.2. The lowest BCUT2D eigenvalue weighted by molar-refractivity contribution is 0.0468. The number of aromatic nitrogens is 1. The van der Waals surface area contributed by atoms with E-state index in [0.29, 0.717) is 0 Å². The highest BCUT2D eigenvalue weighted by atomic mass is 19.1. The van der Waals surface area contributed by atoms with Gasteiger partial charge in [-0.15, -0.1) is 0 Å². The van der Waals surface area contributed by atoms with Crippen LogP contribution in [-0.4, -0.2) is 11.8 Å². The normalized spacial score (nSPS) is 12.0. The van der Waals surface area contributed by atoms with Gasteiger partial charge in [0.05, 0.1) is 12.1 Å². The van der Waals surface area contributed by atoms with Gasteiger partial charge in [-0.05, 0) is 34.7 Å². The molecule has 0 unspecified atom stereocenters. The van der Waals surface area contributed by atoms with E-state index in [1.807, 2.05) is 12.1 Å². The van der Waals surface area contributed by atoms with Crippen LogP contribution in [0.3, 0.4) is 0 Å². The second-order valence-corrected chi connectivity index (χ2v) is 5.41. The third-order valence-corrected chi connectivity index (χ3v) is 3.03. The number of hydrogen-bond donors (Lipinski definition) is 0. The van der Waals surface area contributed by atoms with Crippen LogP contribution in [0.25, 0.3) is 10.9 Å². The number of benzene rings is 1. The molecule has 18 heavy (non-hydrogen) atoms. The van der Waals surface area contributed by atoms with Crippen molar-refractivity contribution in [3.63, 3.8) is 0 Å². The topological polar surface area (TPSA) is 22.1 Å². The van der Waals surface area contributed by atoms with Crippen molar-refractivity contribution < 1.29 is 9.13 Å². The molecule has 0 atom stereocenters. The molecule has 0 fully saturated rings. The van der Waals surface area contributed by atoms with Crippen LogP contribution in [-0.2, 0) is 16.8 Å². The van der Waals surface area contributed by atoms with Crippen LogP contribution < -0.4 is 0 Å². The van der Waals surface area contributed by atoms with Crippen molar-refractivity contribution in [2.45, 2.75) is 32.8 Å². The van der Waals surface area contributed by atoms with E-state index in [4.69, 9.17) is 4.74 Å². The Morgan fingerprint density at radius 3 is 2.67 bits per heavy atom. The average Bonchev–Trinajstić information content (AvgIpc) is 2.34. The Labute approximate surface area is 107 Å². The first-order valence-electron chi connectivity index (χ1n) is 6.04. The Morgan fingerprint density at radius 1 is 1.22 bits per heavy atom. The van der Waals surface area contributed by atoms with E-state index in [2.05, 4.69) is 37.9 Å². The number of ether oxygens (including phenoxy) is 1. The molecule has 1 aromatic carbocycles. The molecule has 0 spiro atoms. The molecule has 1 heterocycles. The third kappa shape index (κ3) is 2.67. The fraction of sp³-hybridized carbons (Fsp3) is 0.400. The van der Waals surface area contributed by atoms with Crippen molar-refractivity contribution in [2.24, 2.45) is 0 Å². The van der Waals surface area contributed by atoms with Crippen molar-refractivity contribution in [1.82, 2.24) is 4.98 Å². The lowest BCUT2D eigenvalue weighted by atomic mass is 9.86. The molecule has 0 aliphatic rings. The van der Waals surface area contributed by atoms with Crippen molar-refractivity contribution in [1.29, 1.82) is 0 Å². The maximum absolute atomic E-state index is 12.1. The lowest BCUT2D eigenvalue weighted by Crippen LogP contribution is -2.11. The number of pyridine rings is 1. The molecule has 2 aromatic rings. The molecule has 0 amide bonds. The predicted octanol–water partition coefficient (Wildman–Crippen LogP) is 3.98. The fourth-order valence-corrected chi connectivity index (χ4v) is 1.94. The molecular weight excluding hydrogens is 229 g/mol. The number of halogens is 1. The molecule has 2 nitrogen and oxygen atoms in total. The van der Waals surface area contributed by atoms with Crippen LogP contribution >= 0.6 is 0 Å². The number of fused-ring (bicyclic) bond motifs is 1. The van der Waals surface area contributed by atoms with Crippen LogP contribution in [0.2, 0.25) is 0 Å². The van der Waals surface area contributed by atoms with Crippen LogP contribution in [0, 0.1) is 0 Å². The van der Waals surface area contributed by atoms with Gasteiger partial charge in [-0.3, -0.25) is 4.98 Å². The lowest BCUT2D eigenvalue weighted by Gasteiger charge is -2.19. The summed E-state index contributed by atoms with van der Waals surface area (Å²) in [6.45, 7) is 6.03. The minimum absolute atomic E-state index is 0.0856. The van der Waals surface area contributed by atoms with Gasteiger partial charge in [-0.2, -0.15) is 0 Å². The Bertz CT molecular complexity index is 546. The highest BCUT2D eigenvalue weighted by Crippen LogP contribution is 2.27. The third-order valence-electron chi connectivity index (χ3n) is 3.03. The summed E-state index contributed by atoms with van der Waals surface area (Å²) in [6, 6.07) is 8.10. The minimum Gasteiger partial charge on any atom is -0.346 e. The summed E-state index contributed by atoms with van der Waals surface area (Å²) in [6.07, 6.45) is 1.73. The fourth-order valence-electron chi connectivity index (χ4n) is 1.94. The summed E-state index contributed by atoms with van der Waals surface area (Å²) >= 11 is 0. The molecule has 0 aliphatic heterocycles. The number of alkyl halides is 1. The van der Waals surface area contributed by atoms with E-state index in [1.165, 1.54) is 5.56 Å². The Morgan fingerprint density at radius 2 is 2.00 bits per heavy atom. The van der Waals surface area contributed by atoms with Gasteiger partial charge < -0.3 is 4.74 Å². The van der Waals surface area contributed by atoms with Crippen molar-refractivity contribution in [2.75, 3.05) is 6.86 Å². The molecule has 0 bridgehead atoms. The maximum atomic E-state index is 12.1. The zero-order valence-electron chi connectivity index (χ0n) is 11.0. The van der Waals surface area contributed by atoms with E-state index in [0.717, 1.165) is 16.5 Å². The van der Waals surface area contributed by atoms with Crippen LogP contribution in [0.5, 0.6) is 0 Å². The van der Waals surface area contributed by atoms with E-state index < -0.39 is 6.86 Å². The standard InChI is InChI=1S/C15H18FNO/c1-15(2,3)12-4-5-14-13(8-12)11(6-7-17-14)9-18-10-16/h4-8H,9-10H2,1-3H3. The maximum Gasteiger partial charge on any atom is 0.188 e. The first-order chi connectivity index (χ1) is 8.52. The molecule has 96 valence electrons. The molecule has 0 aliphatic carbocycles. The van der Waals surface area contributed by atoms with Gasteiger partial charge in [0.1, 0.15) is 0 Å². The molecule has 0 saturated heterocycles. The Balaban J connectivity index is 2.51. The monoisotopic (exact) mass is 247 g/mol. The first kappa shape index (κ1) is 13.0. The summed E-state index contributed by atoms with van der Waals surface area (Å²) in [4.78, 5) is 4.32. The second kappa shape index (κ2) is 5.02. The van der Waals surface area contributed by atoms with Crippen LogP contribution in [0.15, 0.2) is 30.5 Å². The number of rotatable bonds is 3. The summed E-state index contributed by atoms with van der Waals surface area (Å²) in [5.74, 6) is 0. The van der Waals surface area contributed by atoms with Crippen molar-refractivity contribution in [3.05, 3.63) is 41.6 Å². The van der Waals surface area contributed by atoms with Gasteiger partial charge in [0.15, 0.2) is 6.86 Å². The van der Waals surface area contributed by atoms with Gasteiger partial charge in [0, 0.05) is 11.6 Å². The van der Waals surface area contributed by atoms with E-state index in [1.54, 1.807) is 6.20 Å². The first-order valence-corrected chi connectivity index (χ1v) is 6.04. The van der Waals surface area contributed by atoms with Gasteiger partial charge in [-0.1, -0.05) is 26.8 Å². The Hall–Kier alpha value is -1.48. The smallest absolute Gasteiger partial charge is 0.188 e. The molecule has 3 heteroatoms. The molecule has 0 N–H and O–H groups in total. The van der Waals surface area contributed by atoms with Crippen LogP contribution in [0.1, 0.15) is 31.9 Å². The molecule has 0 saturated carbocycles. The molecular formula is C15H18FNO. The quantitative estimate of drug-likeness (QED) is 0.818. The van der Waals surface area contributed by atoms with E-state index in [-0.39, 0.29) is 12.0 Å². The average molecular weight is 247 g/mol. The van der Waals surface area contributed by atoms with E-state index in [9.17, 15) is 4.39 Å². The van der Waals surface area contributed by atoms with E-state index >= 15 is 0 Å². The second-order valence-electron chi connectivity index (χ2n) is 5.41. The molecule has 2 rings (SSSR count). The molecule has 0 radical (unpaired) electrons.